The highest BCUT2D eigenvalue weighted by Crippen LogP contribution is 2.45. The Balaban J connectivity index is 1.31. The van der Waals surface area contributed by atoms with Crippen molar-refractivity contribution in [2.45, 2.75) is 44.6 Å². The number of benzene rings is 2. The first-order valence-corrected chi connectivity index (χ1v) is 11.3. The Morgan fingerprint density at radius 1 is 1.09 bits per heavy atom. The summed E-state index contributed by atoms with van der Waals surface area (Å²) in [6.45, 7) is 2.37. The van der Waals surface area contributed by atoms with E-state index < -0.39 is 24.0 Å². The normalized spacial score (nSPS) is 18.7. The standard InChI is InChI=1S/C25H26N4O4/c1-17-12-15-28(27-17)19-10-8-18(9-11-19)23(31)33-16-22(30)29-21-7-3-2-6-20(21)26-24(32)25(29)13-4-5-14-25/h2-3,6-11H,4-5,12-16H2,1H3,(H,26,32). The van der Waals surface area contributed by atoms with Crippen LogP contribution in [0.1, 0.15) is 49.4 Å². The zero-order valence-electron chi connectivity index (χ0n) is 18.5. The molecule has 2 aromatic rings. The van der Waals surface area contributed by atoms with Gasteiger partial charge in [0, 0.05) is 18.7 Å². The number of para-hydroxylation sites is 2. The van der Waals surface area contributed by atoms with Crippen molar-refractivity contribution in [2.24, 2.45) is 5.10 Å². The topological polar surface area (TPSA) is 91.3 Å². The minimum Gasteiger partial charge on any atom is -0.452 e. The van der Waals surface area contributed by atoms with Crippen LogP contribution in [0.4, 0.5) is 17.1 Å². The van der Waals surface area contributed by atoms with Gasteiger partial charge in [-0.15, -0.1) is 0 Å². The number of nitrogens with one attached hydrogen (secondary N) is 1. The quantitative estimate of drug-likeness (QED) is 0.723. The number of rotatable bonds is 4. The van der Waals surface area contributed by atoms with Gasteiger partial charge in [0.2, 0.25) is 0 Å². The number of carbonyl (C=O) groups is 3. The van der Waals surface area contributed by atoms with Crippen molar-refractivity contribution in [1.82, 2.24) is 0 Å². The highest BCUT2D eigenvalue weighted by atomic mass is 16.5. The lowest BCUT2D eigenvalue weighted by Crippen LogP contribution is -2.61. The zero-order chi connectivity index (χ0) is 23.0. The predicted octanol–water partition coefficient (Wildman–Crippen LogP) is 3.73. The number of fused-ring (bicyclic) bond motifs is 1. The van der Waals surface area contributed by atoms with Crippen LogP contribution < -0.4 is 15.2 Å². The number of hydrogen-bond donors (Lipinski definition) is 1. The fourth-order valence-electron chi connectivity index (χ4n) is 4.93. The minimum absolute atomic E-state index is 0.172. The molecule has 0 atom stereocenters. The maximum absolute atomic E-state index is 13.3. The van der Waals surface area contributed by atoms with E-state index in [1.165, 1.54) is 0 Å². The van der Waals surface area contributed by atoms with Gasteiger partial charge in [0.1, 0.15) is 5.54 Å². The molecule has 2 aromatic carbocycles. The average molecular weight is 447 g/mol. The van der Waals surface area contributed by atoms with Gasteiger partial charge in [-0.25, -0.2) is 4.79 Å². The van der Waals surface area contributed by atoms with E-state index in [1.807, 2.05) is 42.3 Å². The SMILES string of the molecule is CC1=NN(c2ccc(C(=O)OCC(=O)N3c4ccccc4NC(=O)C34CCCC4)cc2)CC1. The summed E-state index contributed by atoms with van der Waals surface area (Å²) >= 11 is 0. The first-order chi connectivity index (χ1) is 16.0. The molecule has 0 aromatic heterocycles. The van der Waals surface area contributed by atoms with E-state index in [9.17, 15) is 14.4 Å². The third-order valence-corrected chi connectivity index (χ3v) is 6.63. The van der Waals surface area contributed by atoms with Gasteiger partial charge in [-0.05, 0) is 56.2 Å². The molecular weight excluding hydrogens is 420 g/mol. The molecule has 2 aliphatic heterocycles. The van der Waals surface area contributed by atoms with Gasteiger partial charge in [-0.1, -0.05) is 25.0 Å². The molecular formula is C25H26N4O4. The van der Waals surface area contributed by atoms with Crippen LogP contribution in [0, 0.1) is 0 Å². The van der Waals surface area contributed by atoms with Crippen molar-refractivity contribution in [1.29, 1.82) is 0 Å². The van der Waals surface area contributed by atoms with Crippen LogP contribution in [0.15, 0.2) is 53.6 Å². The molecule has 1 N–H and O–H groups in total. The molecule has 3 aliphatic rings. The van der Waals surface area contributed by atoms with Gasteiger partial charge in [0.15, 0.2) is 6.61 Å². The maximum Gasteiger partial charge on any atom is 0.338 e. The summed E-state index contributed by atoms with van der Waals surface area (Å²) in [5.41, 5.74) is 2.65. The summed E-state index contributed by atoms with van der Waals surface area (Å²) in [5.74, 6) is -1.15. The largest absolute Gasteiger partial charge is 0.452 e. The Morgan fingerprint density at radius 2 is 1.82 bits per heavy atom. The summed E-state index contributed by atoms with van der Waals surface area (Å²) in [6, 6.07) is 14.2. The molecule has 5 rings (SSSR count). The van der Waals surface area contributed by atoms with Crippen LogP contribution in [0.3, 0.4) is 0 Å². The molecule has 1 saturated carbocycles. The van der Waals surface area contributed by atoms with Crippen LogP contribution in [0.25, 0.3) is 0 Å². The monoisotopic (exact) mass is 446 g/mol. The van der Waals surface area contributed by atoms with Crippen LogP contribution in [-0.2, 0) is 14.3 Å². The molecule has 1 spiro atoms. The number of esters is 1. The molecule has 1 fully saturated rings. The molecule has 0 radical (unpaired) electrons. The number of ether oxygens (including phenoxy) is 1. The number of hydrazone groups is 1. The van der Waals surface area contributed by atoms with E-state index >= 15 is 0 Å². The zero-order valence-corrected chi connectivity index (χ0v) is 18.5. The van der Waals surface area contributed by atoms with E-state index in [0.717, 1.165) is 37.2 Å². The fraction of sp³-hybridized carbons (Fsp3) is 0.360. The highest BCUT2D eigenvalue weighted by Gasteiger charge is 2.52. The summed E-state index contributed by atoms with van der Waals surface area (Å²) in [5, 5.41) is 9.30. The molecule has 170 valence electrons. The molecule has 2 heterocycles. The van der Waals surface area contributed by atoms with E-state index in [-0.39, 0.29) is 5.91 Å². The molecule has 0 unspecified atom stereocenters. The number of amides is 2. The molecule has 0 bridgehead atoms. The number of hydrogen-bond acceptors (Lipinski definition) is 6. The van der Waals surface area contributed by atoms with Gasteiger partial charge in [-0.2, -0.15) is 5.10 Å². The smallest absolute Gasteiger partial charge is 0.338 e. The Hall–Kier alpha value is -3.68. The third-order valence-electron chi connectivity index (χ3n) is 6.63. The van der Waals surface area contributed by atoms with Gasteiger partial charge < -0.3 is 10.1 Å². The van der Waals surface area contributed by atoms with Gasteiger partial charge in [0.25, 0.3) is 11.8 Å². The summed E-state index contributed by atoms with van der Waals surface area (Å²) in [7, 11) is 0. The molecule has 0 saturated heterocycles. The lowest BCUT2D eigenvalue weighted by Gasteiger charge is -2.44. The van der Waals surface area contributed by atoms with Crippen molar-refractivity contribution in [3.63, 3.8) is 0 Å². The van der Waals surface area contributed by atoms with Crippen LogP contribution in [0.2, 0.25) is 0 Å². The minimum atomic E-state index is -0.923. The fourth-order valence-corrected chi connectivity index (χ4v) is 4.93. The summed E-state index contributed by atoms with van der Waals surface area (Å²) in [4.78, 5) is 40.5. The van der Waals surface area contributed by atoms with E-state index in [0.29, 0.717) is 29.8 Å². The van der Waals surface area contributed by atoms with Gasteiger partial charge in [-0.3, -0.25) is 19.5 Å². The summed E-state index contributed by atoms with van der Waals surface area (Å²) in [6.07, 6.45) is 3.84. The third kappa shape index (κ3) is 3.75. The Kier molecular flexibility index (Phi) is 5.36. The predicted molar refractivity (Wildman–Crippen MR) is 126 cm³/mol. The summed E-state index contributed by atoms with van der Waals surface area (Å²) < 4.78 is 5.38. The van der Waals surface area contributed by atoms with Crippen LogP contribution in [0.5, 0.6) is 0 Å². The second kappa shape index (κ2) is 8.35. The number of anilines is 3. The van der Waals surface area contributed by atoms with Crippen molar-refractivity contribution < 1.29 is 19.1 Å². The molecule has 33 heavy (non-hydrogen) atoms. The van der Waals surface area contributed by atoms with E-state index in [4.69, 9.17) is 4.74 Å². The molecule has 2 amide bonds. The maximum atomic E-state index is 13.3. The Labute approximate surface area is 192 Å². The van der Waals surface area contributed by atoms with Gasteiger partial charge in [0.05, 0.1) is 22.6 Å². The Morgan fingerprint density at radius 3 is 2.52 bits per heavy atom. The van der Waals surface area contributed by atoms with Crippen molar-refractivity contribution in [3.8, 4) is 0 Å². The van der Waals surface area contributed by atoms with Crippen LogP contribution in [-0.4, -0.2) is 42.2 Å². The van der Waals surface area contributed by atoms with Crippen molar-refractivity contribution in [3.05, 3.63) is 54.1 Å². The van der Waals surface area contributed by atoms with E-state index in [2.05, 4.69) is 10.4 Å². The highest BCUT2D eigenvalue weighted by molar-refractivity contribution is 6.15. The van der Waals surface area contributed by atoms with E-state index in [1.54, 1.807) is 23.1 Å². The lowest BCUT2D eigenvalue weighted by molar-refractivity contribution is -0.129. The molecule has 8 heteroatoms. The lowest BCUT2D eigenvalue weighted by atomic mass is 9.90. The Bertz CT molecular complexity index is 1140. The molecule has 8 nitrogen and oxygen atoms in total. The molecule has 1 aliphatic carbocycles. The second-order valence-corrected chi connectivity index (χ2v) is 8.77. The van der Waals surface area contributed by atoms with Crippen LogP contribution >= 0.6 is 0 Å². The first-order valence-electron chi connectivity index (χ1n) is 11.3. The second-order valence-electron chi connectivity index (χ2n) is 8.77. The average Bonchev–Trinajstić information content (AvgIpc) is 3.48. The van der Waals surface area contributed by atoms with Crippen molar-refractivity contribution >= 4 is 40.6 Å². The first kappa shape index (κ1) is 21.2. The number of nitrogens with zero attached hydrogens (tertiary/aromatic N) is 3. The van der Waals surface area contributed by atoms with Gasteiger partial charge >= 0.3 is 5.97 Å². The number of carbonyl (C=O) groups excluding carboxylic acids is 3. The van der Waals surface area contributed by atoms with Crippen molar-refractivity contribution in [2.75, 3.05) is 28.4 Å².